The predicted molar refractivity (Wildman–Crippen MR) is 88.9 cm³/mol. The van der Waals surface area contributed by atoms with E-state index in [4.69, 9.17) is 4.74 Å². The zero-order chi connectivity index (χ0) is 16.1. The molecule has 1 amide bonds. The number of ether oxygens (including phenoxy) is 1. The molecule has 0 aromatic heterocycles. The summed E-state index contributed by atoms with van der Waals surface area (Å²) in [6.07, 6.45) is -0.503. The van der Waals surface area contributed by atoms with Gasteiger partial charge in [0.25, 0.3) is 5.91 Å². The van der Waals surface area contributed by atoms with Crippen molar-refractivity contribution >= 4 is 5.91 Å². The molecule has 0 aliphatic heterocycles. The van der Waals surface area contributed by atoms with Gasteiger partial charge in [0.1, 0.15) is 5.75 Å². The molecule has 22 heavy (non-hydrogen) atoms. The summed E-state index contributed by atoms with van der Waals surface area (Å²) in [7, 11) is 1.80. The van der Waals surface area contributed by atoms with Crippen molar-refractivity contribution in [2.24, 2.45) is 0 Å². The third kappa shape index (κ3) is 4.35. The summed E-state index contributed by atoms with van der Waals surface area (Å²) in [6.45, 7) is 6.43. The first kappa shape index (κ1) is 16.1. The van der Waals surface area contributed by atoms with Crippen LogP contribution in [0.15, 0.2) is 48.5 Å². The van der Waals surface area contributed by atoms with E-state index in [0.29, 0.717) is 6.54 Å². The van der Waals surface area contributed by atoms with Crippen molar-refractivity contribution in [1.82, 2.24) is 4.90 Å². The van der Waals surface area contributed by atoms with Gasteiger partial charge in [0.2, 0.25) is 0 Å². The molecule has 0 radical (unpaired) electrons. The Balaban J connectivity index is 1.96. The van der Waals surface area contributed by atoms with Crippen LogP contribution >= 0.6 is 0 Å². The van der Waals surface area contributed by atoms with Crippen molar-refractivity contribution in [2.45, 2.75) is 33.4 Å². The van der Waals surface area contributed by atoms with Gasteiger partial charge in [-0.3, -0.25) is 4.79 Å². The normalized spacial score (nSPS) is 11.8. The van der Waals surface area contributed by atoms with Gasteiger partial charge in [-0.15, -0.1) is 0 Å². The van der Waals surface area contributed by atoms with Crippen LogP contribution in [0.2, 0.25) is 0 Å². The molecule has 3 heteroatoms. The Morgan fingerprint density at radius 2 is 1.77 bits per heavy atom. The molecular formula is C19H23NO2. The maximum absolute atomic E-state index is 12.4. The molecule has 2 rings (SSSR count). The van der Waals surface area contributed by atoms with Crippen LogP contribution in [-0.4, -0.2) is 24.0 Å². The molecular weight excluding hydrogens is 274 g/mol. The molecule has 3 nitrogen and oxygen atoms in total. The molecule has 2 aromatic carbocycles. The summed E-state index contributed by atoms with van der Waals surface area (Å²) >= 11 is 0. The Morgan fingerprint density at radius 1 is 1.09 bits per heavy atom. The molecule has 0 heterocycles. The fourth-order valence-electron chi connectivity index (χ4n) is 2.30. The van der Waals surface area contributed by atoms with Crippen molar-refractivity contribution in [3.63, 3.8) is 0 Å². The monoisotopic (exact) mass is 297 g/mol. The van der Waals surface area contributed by atoms with E-state index in [1.165, 1.54) is 5.56 Å². The van der Waals surface area contributed by atoms with E-state index < -0.39 is 6.10 Å². The van der Waals surface area contributed by atoms with Crippen molar-refractivity contribution < 1.29 is 9.53 Å². The molecule has 0 N–H and O–H groups in total. The summed E-state index contributed by atoms with van der Waals surface area (Å²) in [5, 5.41) is 0. The molecule has 0 saturated carbocycles. The van der Waals surface area contributed by atoms with Gasteiger partial charge in [0.15, 0.2) is 6.10 Å². The van der Waals surface area contributed by atoms with Gasteiger partial charge in [0, 0.05) is 13.6 Å². The van der Waals surface area contributed by atoms with Crippen LogP contribution in [0.25, 0.3) is 0 Å². The van der Waals surface area contributed by atoms with Crippen LogP contribution in [0.3, 0.4) is 0 Å². The highest BCUT2D eigenvalue weighted by atomic mass is 16.5. The van der Waals surface area contributed by atoms with Gasteiger partial charge < -0.3 is 9.64 Å². The van der Waals surface area contributed by atoms with E-state index in [2.05, 4.69) is 19.1 Å². The number of carbonyl (C=O) groups excluding carboxylic acids is 1. The molecule has 1 atom stereocenters. The van der Waals surface area contributed by atoms with E-state index >= 15 is 0 Å². The Hall–Kier alpha value is -2.29. The highest BCUT2D eigenvalue weighted by Gasteiger charge is 2.19. The number of carbonyl (C=O) groups is 1. The van der Waals surface area contributed by atoms with Gasteiger partial charge in [-0.05, 0) is 44.0 Å². The summed E-state index contributed by atoms with van der Waals surface area (Å²) in [6, 6.07) is 15.9. The fraction of sp³-hybridized carbons (Fsp3) is 0.316. The smallest absolute Gasteiger partial charge is 0.263 e. The lowest BCUT2D eigenvalue weighted by Crippen LogP contribution is -2.37. The Kier molecular flexibility index (Phi) is 5.21. The first-order chi connectivity index (χ1) is 10.5. The number of likely N-dealkylation sites (N-methyl/N-ethyl adjacent to an activating group) is 1. The molecule has 116 valence electrons. The van der Waals surface area contributed by atoms with E-state index in [-0.39, 0.29) is 5.91 Å². The Morgan fingerprint density at radius 3 is 2.41 bits per heavy atom. The van der Waals surface area contributed by atoms with Crippen LogP contribution in [0, 0.1) is 13.8 Å². The molecule has 0 spiro atoms. The van der Waals surface area contributed by atoms with Gasteiger partial charge in [-0.1, -0.05) is 42.0 Å². The van der Waals surface area contributed by atoms with Crippen LogP contribution in [-0.2, 0) is 11.3 Å². The minimum absolute atomic E-state index is 0.0259. The number of nitrogens with zero attached hydrogens (tertiary/aromatic N) is 1. The minimum Gasteiger partial charge on any atom is -0.481 e. The topological polar surface area (TPSA) is 29.5 Å². The first-order valence-electron chi connectivity index (χ1n) is 7.49. The van der Waals surface area contributed by atoms with Gasteiger partial charge >= 0.3 is 0 Å². The van der Waals surface area contributed by atoms with Crippen LogP contribution < -0.4 is 4.74 Å². The fourth-order valence-corrected chi connectivity index (χ4v) is 2.30. The zero-order valence-corrected chi connectivity index (χ0v) is 13.7. The molecule has 0 aliphatic carbocycles. The lowest BCUT2D eigenvalue weighted by Gasteiger charge is -2.22. The minimum atomic E-state index is -0.503. The molecule has 0 bridgehead atoms. The quantitative estimate of drug-likeness (QED) is 0.841. The molecule has 0 aliphatic rings. The largest absolute Gasteiger partial charge is 0.481 e. The number of aryl methyl sites for hydroxylation is 2. The maximum atomic E-state index is 12.4. The van der Waals surface area contributed by atoms with E-state index in [0.717, 1.165) is 16.9 Å². The highest BCUT2D eigenvalue weighted by Crippen LogP contribution is 2.15. The molecule has 2 aromatic rings. The van der Waals surface area contributed by atoms with E-state index in [1.807, 2.05) is 43.3 Å². The van der Waals surface area contributed by atoms with Crippen molar-refractivity contribution in [3.05, 3.63) is 65.2 Å². The van der Waals surface area contributed by atoms with Gasteiger partial charge in [0.05, 0.1) is 0 Å². The zero-order valence-electron chi connectivity index (χ0n) is 13.7. The van der Waals surface area contributed by atoms with Crippen molar-refractivity contribution in [3.8, 4) is 5.75 Å². The van der Waals surface area contributed by atoms with Crippen LogP contribution in [0.4, 0.5) is 0 Å². The van der Waals surface area contributed by atoms with Gasteiger partial charge in [-0.2, -0.15) is 0 Å². The third-order valence-electron chi connectivity index (χ3n) is 3.57. The van der Waals surface area contributed by atoms with Crippen LogP contribution in [0.5, 0.6) is 5.75 Å². The maximum Gasteiger partial charge on any atom is 0.263 e. The van der Waals surface area contributed by atoms with Crippen molar-refractivity contribution in [1.29, 1.82) is 0 Å². The molecule has 0 unspecified atom stereocenters. The third-order valence-corrected chi connectivity index (χ3v) is 3.57. The van der Waals surface area contributed by atoms with Crippen LogP contribution in [0.1, 0.15) is 23.6 Å². The number of amides is 1. The average Bonchev–Trinajstić information content (AvgIpc) is 2.48. The summed E-state index contributed by atoms with van der Waals surface area (Å²) < 4.78 is 5.74. The first-order valence-corrected chi connectivity index (χ1v) is 7.49. The standard InChI is InChI=1S/C19H23NO2/c1-14-8-10-17(11-9-14)13-20(4)19(21)16(3)22-18-7-5-6-15(2)12-18/h5-12,16H,13H2,1-4H3/t16-/m0/s1. The second-order valence-electron chi connectivity index (χ2n) is 5.76. The highest BCUT2D eigenvalue weighted by molar-refractivity contribution is 5.80. The second-order valence-corrected chi connectivity index (χ2v) is 5.76. The van der Waals surface area contributed by atoms with E-state index in [1.54, 1.807) is 18.9 Å². The number of hydrogen-bond acceptors (Lipinski definition) is 2. The molecule has 0 saturated heterocycles. The second kappa shape index (κ2) is 7.12. The van der Waals surface area contributed by atoms with Crippen molar-refractivity contribution in [2.75, 3.05) is 7.05 Å². The van der Waals surface area contributed by atoms with Gasteiger partial charge in [-0.25, -0.2) is 0 Å². The predicted octanol–water partition coefficient (Wildman–Crippen LogP) is 3.73. The number of rotatable bonds is 5. The molecule has 0 fully saturated rings. The number of hydrogen-bond donors (Lipinski definition) is 0. The average molecular weight is 297 g/mol. The summed E-state index contributed by atoms with van der Waals surface area (Å²) in [5.74, 6) is 0.701. The Bertz CT molecular complexity index is 634. The summed E-state index contributed by atoms with van der Waals surface area (Å²) in [4.78, 5) is 14.1. The lowest BCUT2D eigenvalue weighted by molar-refractivity contribution is -0.137. The lowest BCUT2D eigenvalue weighted by atomic mass is 10.1. The number of benzene rings is 2. The summed E-state index contributed by atoms with van der Waals surface area (Å²) in [5.41, 5.74) is 3.45. The van der Waals surface area contributed by atoms with E-state index in [9.17, 15) is 4.79 Å². The Labute approximate surface area is 132 Å². The SMILES string of the molecule is Cc1ccc(CN(C)C(=O)[C@H](C)Oc2cccc(C)c2)cc1.